The molecule has 0 aliphatic carbocycles. The number of fused-ring (bicyclic) bond motifs is 1. The molecule has 1 atom stereocenters. The number of halogens is 3. The van der Waals surface area contributed by atoms with Crippen LogP contribution in [0, 0.1) is 18.6 Å². The first-order valence-corrected chi connectivity index (χ1v) is 11.8. The molecule has 186 valence electrons. The largest absolute Gasteiger partial charge is 0.487 e. The zero-order valence-corrected chi connectivity index (χ0v) is 20.4. The van der Waals surface area contributed by atoms with Gasteiger partial charge in [-0.25, -0.2) is 18.4 Å². The maximum atomic E-state index is 14.3. The number of carbonyl (C=O) groups excluding carboxylic acids is 1. The van der Waals surface area contributed by atoms with Crippen LogP contribution in [-0.2, 0) is 22.7 Å². The second-order valence-corrected chi connectivity index (χ2v) is 9.15. The van der Waals surface area contributed by atoms with Gasteiger partial charge in [-0.1, -0.05) is 23.7 Å². The lowest BCUT2D eigenvalue weighted by molar-refractivity contribution is -0.148. The standard InChI is InChI=1S/C26H23ClF2N4O3/c1-15-6-23(33-11-19(29)9-30-33)20-4-3-5-24(26(20)31-15)36-13-21-17(7-18(28)8-22(21)27)10-32-16(2)12-35-14-25(32)34/h3-9,11,16H,10,12-14H2,1-2H3. The topological polar surface area (TPSA) is 69.5 Å². The van der Waals surface area contributed by atoms with Gasteiger partial charge >= 0.3 is 0 Å². The number of amides is 1. The molecule has 1 saturated heterocycles. The molecule has 5 rings (SSSR count). The number of para-hydroxylation sites is 1. The molecule has 1 aliphatic heterocycles. The maximum absolute atomic E-state index is 14.3. The minimum atomic E-state index is -0.495. The molecule has 7 nitrogen and oxygen atoms in total. The molecular weight excluding hydrogens is 490 g/mol. The lowest BCUT2D eigenvalue weighted by atomic mass is 10.1. The molecule has 2 aromatic heterocycles. The quantitative estimate of drug-likeness (QED) is 0.364. The summed E-state index contributed by atoms with van der Waals surface area (Å²) >= 11 is 6.43. The number of ether oxygens (including phenoxy) is 2. The number of hydrogen-bond donors (Lipinski definition) is 0. The van der Waals surface area contributed by atoms with E-state index in [4.69, 9.17) is 21.1 Å². The molecule has 1 aliphatic rings. The van der Waals surface area contributed by atoms with Gasteiger partial charge in [-0.2, -0.15) is 5.10 Å². The Labute approximate surface area is 211 Å². The van der Waals surface area contributed by atoms with Crippen LogP contribution in [0.1, 0.15) is 23.7 Å². The van der Waals surface area contributed by atoms with Gasteiger partial charge in [-0.15, -0.1) is 0 Å². The zero-order valence-electron chi connectivity index (χ0n) is 19.7. The predicted molar refractivity (Wildman–Crippen MR) is 130 cm³/mol. The maximum Gasteiger partial charge on any atom is 0.249 e. The molecule has 36 heavy (non-hydrogen) atoms. The Morgan fingerprint density at radius 3 is 2.81 bits per heavy atom. The van der Waals surface area contributed by atoms with Crippen molar-refractivity contribution >= 4 is 28.4 Å². The van der Waals surface area contributed by atoms with E-state index in [1.165, 1.54) is 23.0 Å². The Kier molecular flexibility index (Phi) is 6.59. The highest BCUT2D eigenvalue weighted by atomic mass is 35.5. The number of aryl methyl sites for hydroxylation is 1. The lowest BCUT2D eigenvalue weighted by Gasteiger charge is -2.33. The van der Waals surface area contributed by atoms with Crippen molar-refractivity contribution in [3.05, 3.63) is 82.3 Å². The van der Waals surface area contributed by atoms with Crippen LogP contribution in [-0.4, -0.2) is 44.8 Å². The summed E-state index contributed by atoms with van der Waals surface area (Å²) < 4.78 is 40.8. The minimum absolute atomic E-state index is 0.0112. The number of aromatic nitrogens is 3. The fourth-order valence-electron chi connectivity index (χ4n) is 4.34. The number of nitrogens with zero attached hydrogens (tertiary/aromatic N) is 4. The van der Waals surface area contributed by atoms with Crippen LogP contribution in [0.25, 0.3) is 16.6 Å². The van der Waals surface area contributed by atoms with E-state index in [0.717, 1.165) is 11.6 Å². The van der Waals surface area contributed by atoms with Crippen molar-refractivity contribution in [2.75, 3.05) is 13.2 Å². The van der Waals surface area contributed by atoms with Gasteiger partial charge in [-0.3, -0.25) is 4.79 Å². The summed E-state index contributed by atoms with van der Waals surface area (Å²) in [4.78, 5) is 18.7. The van der Waals surface area contributed by atoms with Crippen LogP contribution in [0.4, 0.5) is 8.78 Å². The summed E-state index contributed by atoms with van der Waals surface area (Å²) in [6, 6.07) is 9.68. The Hall–Kier alpha value is -3.56. The van der Waals surface area contributed by atoms with Crippen molar-refractivity contribution in [1.82, 2.24) is 19.7 Å². The smallest absolute Gasteiger partial charge is 0.249 e. The summed E-state index contributed by atoms with van der Waals surface area (Å²) in [5, 5.41) is 5.00. The molecule has 3 heterocycles. The number of hydrogen-bond acceptors (Lipinski definition) is 5. The average Bonchev–Trinajstić information content (AvgIpc) is 3.26. The van der Waals surface area contributed by atoms with Gasteiger partial charge in [0.05, 0.1) is 35.8 Å². The van der Waals surface area contributed by atoms with Crippen molar-refractivity contribution in [3.8, 4) is 11.4 Å². The van der Waals surface area contributed by atoms with E-state index in [1.54, 1.807) is 17.0 Å². The number of carbonyl (C=O) groups is 1. The van der Waals surface area contributed by atoms with Gasteiger partial charge in [0.2, 0.25) is 5.91 Å². The van der Waals surface area contributed by atoms with Gasteiger partial charge in [0.1, 0.15) is 30.3 Å². The van der Waals surface area contributed by atoms with Crippen LogP contribution >= 0.6 is 11.6 Å². The monoisotopic (exact) mass is 512 g/mol. The van der Waals surface area contributed by atoms with E-state index >= 15 is 0 Å². The average molecular weight is 513 g/mol. The second-order valence-electron chi connectivity index (χ2n) is 8.74. The third-order valence-corrected chi connectivity index (χ3v) is 6.45. The number of rotatable bonds is 6. The number of pyridine rings is 1. The molecule has 0 saturated carbocycles. The summed E-state index contributed by atoms with van der Waals surface area (Å²) in [6.07, 6.45) is 2.43. The molecule has 0 bridgehead atoms. The highest BCUT2D eigenvalue weighted by Crippen LogP contribution is 2.31. The normalized spacial score (nSPS) is 16.1. The molecule has 1 unspecified atom stereocenters. The first kappa shape index (κ1) is 24.1. The Balaban J connectivity index is 1.48. The summed E-state index contributed by atoms with van der Waals surface area (Å²) in [6.45, 7) is 4.31. The van der Waals surface area contributed by atoms with Gasteiger partial charge < -0.3 is 14.4 Å². The molecule has 1 fully saturated rings. The Morgan fingerprint density at radius 2 is 2.06 bits per heavy atom. The Bertz CT molecular complexity index is 1460. The van der Waals surface area contributed by atoms with E-state index in [0.29, 0.717) is 40.4 Å². The van der Waals surface area contributed by atoms with Crippen molar-refractivity contribution in [2.24, 2.45) is 0 Å². The van der Waals surface area contributed by atoms with Crippen LogP contribution in [0.2, 0.25) is 5.02 Å². The van der Waals surface area contributed by atoms with Crippen LogP contribution in [0.3, 0.4) is 0 Å². The lowest BCUT2D eigenvalue weighted by Crippen LogP contribution is -2.47. The number of morpholine rings is 1. The van der Waals surface area contributed by atoms with Gasteiger partial charge in [0, 0.05) is 23.2 Å². The summed E-state index contributed by atoms with van der Waals surface area (Å²) in [7, 11) is 0. The van der Waals surface area contributed by atoms with E-state index in [1.807, 2.05) is 26.0 Å². The predicted octanol–water partition coefficient (Wildman–Crippen LogP) is 4.99. The molecule has 2 aromatic carbocycles. The van der Waals surface area contributed by atoms with Gasteiger partial charge in [0.15, 0.2) is 5.82 Å². The van der Waals surface area contributed by atoms with Gasteiger partial charge in [0.25, 0.3) is 0 Å². The molecule has 0 radical (unpaired) electrons. The van der Waals surface area contributed by atoms with Crippen molar-refractivity contribution in [2.45, 2.75) is 33.0 Å². The van der Waals surface area contributed by atoms with Crippen LogP contribution in [0.15, 0.2) is 48.8 Å². The van der Waals surface area contributed by atoms with Crippen LogP contribution < -0.4 is 4.74 Å². The SMILES string of the molecule is Cc1cc(-n2cc(F)cn2)c2cccc(OCc3c(Cl)cc(F)cc3CN3C(=O)COCC3C)c2n1. The highest BCUT2D eigenvalue weighted by molar-refractivity contribution is 6.31. The third-order valence-electron chi connectivity index (χ3n) is 6.11. The molecular formula is C26H23ClF2N4O3. The van der Waals surface area contributed by atoms with E-state index < -0.39 is 11.6 Å². The fraction of sp³-hybridized carbons (Fsp3) is 0.269. The van der Waals surface area contributed by atoms with Crippen molar-refractivity contribution < 1.29 is 23.0 Å². The van der Waals surface area contributed by atoms with Crippen molar-refractivity contribution in [1.29, 1.82) is 0 Å². The Morgan fingerprint density at radius 1 is 1.22 bits per heavy atom. The fourth-order valence-corrected chi connectivity index (χ4v) is 4.62. The van der Waals surface area contributed by atoms with Crippen molar-refractivity contribution in [3.63, 3.8) is 0 Å². The third kappa shape index (κ3) is 4.76. The molecule has 10 heteroatoms. The zero-order chi connectivity index (χ0) is 25.4. The summed E-state index contributed by atoms with van der Waals surface area (Å²) in [5.74, 6) is -0.633. The van der Waals surface area contributed by atoms with E-state index in [-0.39, 0.29) is 36.7 Å². The molecule has 0 spiro atoms. The van der Waals surface area contributed by atoms with Crippen LogP contribution in [0.5, 0.6) is 5.75 Å². The number of benzene rings is 2. The molecule has 4 aromatic rings. The molecule has 0 N–H and O–H groups in total. The minimum Gasteiger partial charge on any atom is -0.487 e. The first-order chi connectivity index (χ1) is 17.3. The second kappa shape index (κ2) is 9.83. The first-order valence-electron chi connectivity index (χ1n) is 11.4. The van der Waals surface area contributed by atoms with E-state index in [2.05, 4.69) is 10.1 Å². The molecule has 1 amide bonds. The highest BCUT2D eigenvalue weighted by Gasteiger charge is 2.27. The van der Waals surface area contributed by atoms with E-state index in [9.17, 15) is 13.6 Å². The summed E-state index contributed by atoms with van der Waals surface area (Å²) in [5.41, 5.74) is 3.06. The van der Waals surface area contributed by atoms with Gasteiger partial charge in [-0.05, 0) is 43.7 Å².